The summed E-state index contributed by atoms with van der Waals surface area (Å²) in [4.78, 5) is 39.4. The molecule has 27 heavy (non-hydrogen) atoms. The van der Waals surface area contributed by atoms with Crippen LogP contribution in [0.5, 0.6) is 0 Å². The number of hydrogen-bond acceptors (Lipinski definition) is 6. The molecule has 0 aliphatic carbocycles. The van der Waals surface area contributed by atoms with E-state index < -0.39 is 22.6 Å². The van der Waals surface area contributed by atoms with Crippen LogP contribution in [0.4, 0.5) is 10.5 Å². The zero-order valence-electron chi connectivity index (χ0n) is 15.4. The Hall–Kier alpha value is -3.42. The first-order chi connectivity index (χ1) is 12.6. The number of nitro groups is 1. The molecule has 1 N–H and O–H groups in total. The number of hydrogen-bond donors (Lipinski definition) is 1. The maximum absolute atomic E-state index is 12.4. The highest BCUT2D eigenvalue weighted by molar-refractivity contribution is 5.95. The van der Waals surface area contributed by atoms with E-state index in [0.29, 0.717) is 16.7 Å². The van der Waals surface area contributed by atoms with Gasteiger partial charge in [0.05, 0.1) is 10.5 Å². The number of benzene rings is 2. The molecule has 0 unspecified atom stereocenters. The van der Waals surface area contributed by atoms with Crippen molar-refractivity contribution >= 4 is 17.7 Å². The van der Waals surface area contributed by atoms with Crippen molar-refractivity contribution in [1.29, 1.82) is 0 Å². The van der Waals surface area contributed by atoms with Gasteiger partial charge in [-0.3, -0.25) is 10.1 Å². The Morgan fingerprint density at radius 3 is 2.30 bits per heavy atom. The van der Waals surface area contributed by atoms with Crippen LogP contribution in [0.15, 0.2) is 42.5 Å². The van der Waals surface area contributed by atoms with Crippen LogP contribution in [0, 0.1) is 17.0 Å². The first-order valence-electron chi connectivity index (χ1n) is 8.13. The maximum Gasteiger partial charge on any atom is 0.441 e. The molecule has 142 valence electrons. The quantitative estimate of drug-likeness (QED) is 0.640. The molecule has 0 aromatic heterocycles. The van der Waals surface area contributed by atoms with Gasteiger partial charge in [-0.2, -0.15) is 0 Å². The lowest BCUT2D eigenvalue weighted by Gasteiger charge is -2.19. The fourth-order valence-corrected chi connectivity index (χ4v) is 2.38. The van der Waals surface area contributed by atoms with Gasteiger partial charge in [0.1, 0.15) is 5.60 Å². The van der Waals surface area contributed by atoms with E-state index in [2.05, 4.69) is 0 Å². The third-order valence-corrected chi connectivity index (χ3v) is 3.53. The molecular formula is C19H20N2O6. The number of nitro benzene ring substituents is 1. The first kappa shape index (κ1) is 19.9. The molecule has 0 saturated carbocycles. The van der Waals surface area contributed by atoms with Crippen LogP contribution >= 0.6 is 0 Å². The van der Waals surface area contributed by atoms with Gasteiger partial charge in [0.15, 0.2) is 0 Å². The second-order valence-corrected chi connectivity index (χ2v) is 6.78. The van der Waals surface area contributed by atoms with Crippen LogP contribution < -0.4 is 5.48 Å². The predicted molar refractivity (Wildman–Crippen MR) is 98.1 cm³/mol. The summed E-state index contributed by atoms with van der Waals surface area (Å²) in [5, 5.41) is 11.3. The second kappa shape index (κ2) is 7.86. The minimum absolute atomic E-state index is 0.0286. The zero-order chi connectivity index (χ0) is 20.2. The van der Waals surface area contributed by atoms with Gasteiger partial charge < -0.3 is 9.57 Å². The van der Waals surface area contributed by atoms with Crippen LogP contribution in [-0.4, -0.2) is 22.6 Å². The average molecular weight is 372 g/mol. The Morgan fingerprint density at radius 2 is 1.74 bits per heavy atom. The van der Waals surface area contributed by atoms with Crippen molar-refractivity contribution in [3.63, 3.8) is 0 Å². The highest BCUT2D eigenvalue weighted by Gasteiger charge is 2.22. The summed E-state index contributed by atoms with van der Waals surface area (Å²) >= 11 is 0. The van der Waals surface area contributed by atoms with Gasteiger partial charge in [0.25, 0.3) is 5.69 Å². The van der Waals surface area contributed by atoms with Gasteiger partial charge in [-0.1, -0.05) is 30.3 Å². The largest absolute Gasteiger partial charge is 0.442 e. The van der Waals surface area contributed by atoms with Crippen LogP contribution in [0.1, 0.15) is 36.7 Å². The first-order valence-corrected chi connectivity index (χ1v) is 8.13. The molecule has 8 nitrogen and oxygen atoms in total. The van der Waals surface area contributed by atoms with Crippen LogP contribution in [0.2, 0.25) is 0 Å². The predicted octanol–water partition coefficient (Wildman–Crippen LogP) is 4.17. The summed E-state index contributed by atoms with van der Waals surface area (Å²) < 4.78 is 4.97. The number of nitrogens with one attached hydrogen (secondary N) is 1. The molecule has 0 radical (unpaired) electrons. The normalized spacial score (nSPS) is 10.8. The highest BCUT2D eigenvalue weighted by Crippen LogP contribution is 2.30. The van der Waals surface area contributed by atoms with Gasteiger partial charge in [-0.05, 0) is 44.4 Å². The minimum atomic E-state index is -0.942. The Morgan fingerprint density at radius 1 is 1.11 bits per heavy atom. The Bertz CT molecular complexity index is 872. The van der Waals surface area contributed by atoms with Crippen molar-refractivity contribution in [2.24, 2.45) is 0 Å². The summed E-state index contributed by atoms with van der Waals surface area (Å²) in [6, 6.07) is 11.4. The van der Waals surface area contributed by atoms with Gasteiger partial charge >= 0.3 is 12.1 Å². The molecule has 0 bridgehead atoms. The van der Waals surface area contributed by atoms with E-state index in [-0.39, 0.29) is 11.3 Å². The fraction of sp³-hybridized carbons (Fsp3) is 0.263. The van der Waals surface area contributed by atoms with E-state index >= 15 is 0 Å². The molecule has 0 fully saturated rings. The lowest BCUT2D eigenvalue weighted by Crippen LogP contribution is -2.34. The molecule has 2 aromatic rings. The molecule has 2 rings (SSSR count). The number of carbonyl (C=O) groups excluding carboxylic acids is 2. The Balaban J connectivity index is 2.33. The lowest BCUT2D eigenvalue weighted by atomic mass is 9.95. The van der Waals surface area contributed by atoms with Gasteiger partial charge in [0.2, 0.25) is 0 Å². The topological polar surface area (TPSA) is 108 Å². The van der Waals surface area contributed by atoms with E-state index in [0.717, 1.165) is 6.07 Å². The summed E-state index contributed by atoms with van der Waals surface area (Å²) in [6.07, 6.45) is -0.942. The van der Waals surface area contributed by atoms with Crippen molar-refractivity contribution in [3.8, 4) is 11.1 Å². The number of nitrogens with zero attached hydrogens (tertiary/aromatic N) is 1. The molecular weight excluding hydrogens is 352 g/mol. The number of hydroxylamine groups is 1. The number of rotatable bonds is 3. The van der Waals surface area contributed by atoms with Crippen LogP contribution in [0.3, 0.4) is 0 Å². The minimum Gasteiger partial charge on any atom is -0.442 e. The summed E-state index contributed by atoms with van der Waals surface area (Å²) in [7, 11) is 0. The smallest absolute Gasteiger partial charge is 0.441 e. The van der Waals surface area contributed by atoms with Crippen molar-refractivity contribution in [2.45, 2.75) is 33.3 Å². The monoisotopic (exact) mass is 372 g/mol. The van der Waals surface area contributed by atoms with Crippen LogP contribution in [0.25, 0.3) is 11.1 Å². The van der Waals surface area contributed by atoms with E-state index in [1.807, 2.05) is 11.5 Å². The summed E-state index contributed by atoms with van der Waals surface area (Å²) in [5.41, 5.74) is 2.56. The number of carbonyl (C=O) groups is 2. The lowest BCUT2D eigenvalue weighted by molar-refractivity contribution is -0.384. The van der Waals surface area contributed by atoms with Gasteiger partial charge in [-0.15, -0.1) is 5.48 Å². The van der Waals surface area contributed by atoms with Gasteiger partial charge in [0, 0.05) is 12.1 Å². The molecule has 2 aromatic carbocycles. The number of amides is 1. The van der Waals surface area contributed by atoms with Crippen molar-refractivity contribution in [3.05, 3.63) is 63.7 Å². The summed E-state index contributed by atoms with van der Waals surface area (Å²) in [6.45, 7) is 6.62. The van der Waals surface area contributed by atoms with E-state index in [4.69, 9.17) is 9.57 Å². The van der Waals surface area contributed by atoms with E-state index in [9.17, 15) is 19.7 Å². The maximum atomic E-state index is 12.4. The molecule has 0 saturated heterocycles. The summed E-state index contributed by atoms with van der Waals surface area (Å²) in [5.74, 6) is -0.931. The SMILES string of the molecule is Cc1c(C(=O)ONC(=O)OC(C)(C)C)cc([N+](=O)[O-])cc1-c1ccccc1. The fourth-order valence-electron chi connectivity index (χ4n) is 2.38. The highest BCUT2D eigenvalue weighted by atomic mass is 16.7. The standard InChI is InChI=1S/C19H20N2O6/c1-12-15(13-8-6-5-7-9-13)10-14(21(24)25)11-16(12)17(22)27-20-18(23)26-19(2,3)4/h5-11H,1-4H3,(H,20,23). The molecule has 0 aliphatic heterocycles. The third-order valence-electron chi connectivity index (χ3n) is 3.53. The molecule has 0 spiro atoms. The molecule has 0 aliphatic rings. The molecule has 1 amide bonds. The average Bonchev–Trinajstić information content (AvgIpc) is 2.59. The second-order valence-electron chi connectivity index (χ2n) is 6.78. The van der Waals surface area contributed by atoms with Crippen LogP contribution in [-0.2, 0) is 9.57 Å². The molecule has 0 atom stereocenters. The van der Waals surface area contributed by atoms with E-state index in [1.165, 1.54) is 6.07 Å². The molecule has 0 heterocycles. The Kier molecular flexibility index (Phi) is 5.79. The van der Waals surface area contributed by atoms with Crippen molar-refractivity contribution < 1.29 is 24.1 Å². The Labute approximate surface area is 156 Å². The van der Waals surface area contributed by atoms with Crippen molar-refractivity contribution in [1.82, 2.24) is 5.48 Å². The van der Waals surface area contributed by atoms with Crippen molar-refractivity contribution in [2.75, 3.05) is 0 Å². The third kappa shape index (κ3) is 5.27. The number of ether oxygens (including phenoxy) is 1. The number of non-ortho nitro benzene ring substituents is 1. The zero-order valence-corrected chi connectivity index (χ0v) is 15.4. The van der Waals surface area contributed by atoms with Gasteiger partial charge in [-0.25, -0.2) is 9.59 Å². The van der Waals surface area contributed by atoms with E-state index in [1.54, 1.807) is 52.0 Å². The molecule has 8 heteroatoms.